The minimum Gasteiger partial charge on any atom is -0.493 e. The van der Waals surface area contributed by atoms with Gasteiger partial charge in [0, 0.05) is 0 Å². The summed E-state index contributed by atoms with van der Waals surface area (Å²) in [5.41, 5.74) is 3.58. The van der Waals surface area contributed by atoms with Crippen LogP contribution in [0.5, 0.6) is 11.5 Å². The molecule has 8 heteroatoms. The Hall–Kier alpha value is -2.70. The first kappa shape index (κ1) is 20.0. The summed E-state index contributed by atoms with van der Waals surface area (Å²) >= 11 is 11.9. The Morgan fingerprint density at radius 1 is 1.07 bits per heavy atom. The maximum atomic E-state index is 12.7. The highest BCUT2D eigenvalue weighted by Gasteiger charge is 2.34. The standard InChI is InChI=1S/C20H18Cl2N2O4/c1-3-8-28-18-10-12(4-7-17(18)27-2)9-14-19(25)23-24(20(14)26)13-5-6-15(21)16(22)11-13/h4-7,9-11H,3,8H2,1-2H3,(H,23,25)/b14-9-. The lowest BCUT2D eigenvalue weighted by Crippen LogP contribution is -2.35. The number of hydrogen-bond donors (Lipinski definition) is 1. The van der Waals surface area contributed by atoms with Crippen molar-refractivity contribution in [1.29, 1.82) is 0 Å². The molecule has 0 saturated carbocycles. The summed E-state index contributed by atoms with van der Waals surface area (Å²) in [7, 11) is 1.55. The van der Waals surface area contributed by atoms with Crippen LogP contribution in [0.4, 0.5) is 5.69 Å². The molecule has 6 nitrogen and oxygen atoms in total. The quantitative estimate of drug-likeness (QED) is 0.560. The number of benzene rings is 2. The van der Waals surface area contributed by atoms with Gasteiger partial charge in [0.25, 0.3) is 11.8 Å². The summed E-state index contributed by atoms with van der Waals surface area (Å²) in [4.78, 5) is 25.1. The first-order chi connectivity index (χ1) is 13.4. The van der Waals surface area contributed by atoms with E-state index >= 15 is 0 Å². The van der Waals surface area contributed by atoms with Crippen LogP contribution in [-0.4, -0.2) is 25.5 Å². The summed E-state index contributed by atoms with van der Waals surface area (Å²) in [6, 6.07) is 9.86. The van der Waals surface area contributed by atoms with Gasteiger partial charge in [-0.15, -0.1) is 0 Å². The Morgan fingerprint density at radius 2 is 1.86 bits per heavy atom. The number of methoxy groups -OCH3 is 1. The van der Waals surface area contributed by atoms with E-state index < -0.39 is 11.8 Å². The maximum absolute atomic E-state index is 12.7. The third-order valence-corrected chi connectivity index (χ3v) is 4.75. The van der Waals surface area contributed by atoms with Crippen LogP contribution in [0.15, 0.2) is 42.0 Å². The lowest BCUT2D eigenvalue weighted by Gasteiger charge is -2.15. The van der Waals surface area contributed by atoms with Gasteiger partial charge in [0.2, 0.25) is 0 Å². The van der Waals surface area contributed by atoms with Gasteiger partial charge in [0.1, 0.15) is 5.57 Å². The van der Waals surface area contributed by atoms with E-state index in [9.17, 15) is 9.59 Å². The van der Waals surface area contributed by atoms with Crippen molar-refractivity contribution in [1.82, 2.24) is 5.43 Å². The average molecular weight is 421 g/mol. The first-order valence-electron chi connectivity index (χ1n) is 8.57. The second-order valence-electron chi connectivity index (χ2n) is 6.00. The highest BCUT2D eigenvalue weighted by Crippen LogP contribution is 2.31. The van der Waals surface area contributed by atoms with E-state index in [0.717, 1.165) is 11.4 Å². The summed E-state index contributed by atoms with van der Waals surface area (Å²) in [6.07, 6.45) is 2.35. The van der Waals surface area contributed by atoms with E-state index in [1.165, 1.54) is 12.1 Å². The Morgan fingerprint density at radius 3 is 2.54 bits per heavy atom. The van der Waals surface area contributed by atoms with Crippen molar-refractivity contribution in [2.24, 2.45) is 0 Å². The third-order valence-electron chi connectivity index (χ3n) is 4.01. The third kappa shape index (κ3) is 4.08. The van der Waals surface area contributed by atoms with E-state index in [1.54, 1.807) is 37.4 Å². The van der Waals surface area contributed by atoms with E-state index in [-0.39, 0.29) is 10.6 Å². The van der Waals surface area contributed by atoms with Crippen molar-refractivity contribution in [2.45, 2.75) is 13.3 Å². The molecule has 1 aliphatic heterocycles. The van der Waals surface area contributed by atoms with Crippen LogP contribution < -0.4 is 19.9 Å². The molecule has 1 saturated heterocycles. The maximum Gasteiger partial charge on any atom is 0.282 e. The van der Waals surface area contributed by atoms with Gasteiger partial charge >= 0.3 is 0 Å². The second-order valence-corrected chi connectivity index (χ2v) is 6.81. The lowest BCUT2D eigenvalue weighted by atomic mass is 10.1. The zero-order valence-corrected chi connectivity index (χ0v) is 16.8. The first-order valence-corrected chi connectivity index (χ1v) is 9.33. The molecule has 2 aromatic rings. The molecule has 0 aliphatic carbocycles. The molecule has 0 unspecified atom stereocenters. The molecule has 2 amide bonds. The molecule has 3 rings (SSSR count). The smallest absolute Gasteiger partial charge is 0.282 e. The van der Waals surface area contributed by atoms with Crippen molar-refractivity contribution in [3.05, 3.63) is 57.6 Å². The Bertz CT molecular complexity index is 959. The molecule has 0 aromatic heterocycles. The molecule has 1 N–H and O–H groups in total. The number of carbonyl (C=O) groups is 2. The highest BCUT2D eigenvalue weighted by atomic mass is 35.5. The minimum atomic E-state index is -0.511. The number of hydrazine groups is 1. The van der Waals surface area contributed by atoms with Crippen LogP contribution in [0.25, 0.3) is 6.08 Å². The SMILES string of the molecule is CCCOc1cc(/C=C2/C(=O)NN(c3ccc(Cl)c(Cl)c3)C2=O)ccc1OC. The normalized spacial score (nSPS) is 15.1. The van der Waals surface area contributed by atoms with Crippen LogP contribution >= 0.6 is 23.2 Å². The Balaban J connectivity index is 1.90. The van der Waals surface area contributed by atoms with E-state index in [1.807, 2.05) is 6.92 Å². The summed E-state index contributed by atoms with van der Waals surface area (Å²) in [6.45, 7) is 2.53. The molecule has 146 valence electrons. The molecule has 0 spiro atoms. The van der Waals surface area contributed by atoms with Gasteiger partial charge in [-0.1, -0.05) is 36.2 Å². The van der Waals surface area contributed by atoms with Crippen molar-refractivity contribution < 1.29 is 19.1 Å². The van der Waals surface area contributed by atoms with Gasteiger partial charge in [-0.3, -0.25) is 15.0 Å². The number of nitrogens with zero attached hydrogens (tertiary/aromatic N) is 1. The molecular formula is C20H18Cl2N2O4. The molecule has 1 fully saturated rings. The van der Waals surface area contributed by atoms with Gasteiger partial charge in [-0.2, -0.15) is 0 Å². The molecule has 0 bridgehead atoms. The van der Waals surface area contributed by atoms with Crippen LogP contribution in [0.3, 0.4) is 0 Å². The zero-order chi connectivity index (χ0) is 20.3. The fraction of sp³-hybridized carbons (Fsp3) is 0.200. The van der Waals surface area contributed by atoms with Crippen LogP contribution in [0.2, 0.25) is 10.0 Å². The predicted molar refractivity (Wildman–Crippen MR) is 109 cm³/mol. The van der Waals surface area contributed by atoms with Gasteiger partial charge in [0.05, 0.1) is 29.4 Å². The van der Waals surface area contributed by atoms with Crippen LogP contribution in [0, 0.1) is 0 Å². The monoisotopic (exact) mass is 420 g/mol. The predicted octanol–water partition coefficient (Wildman–Crippen LogP) is 4.25. The molecule has 0 radical (unpaired) electrons. The summed E-state index contributed by atoms with van der Waals surface area (Å²) in [5.74, 6) is 0.124. The molecule has 1 aliphatic rings. The fourth-order valence-corrected chi connectivity index (χ4v) is 2.93. The van der Waals surface area contributed by atoms with Gasteiger partial charge in [-0.25, -0.2) is 5.01 Å². The van der Waals surface area contributed by atoms with Crippen LogP contribution in [0.1, 0.15) is 18.9 Å². The zero-order valence-electron chi connectivity index (χ0n) is 15.3. The molecule has 1 heterocycles. The molecular weight excluding hydrogens is 403 g/mol. The number of rotatable bonds is 6. The highest BCUT2D eigenvalue weighted by molar-refractivity contribution is 6.42. The number of anilines is 1. The molecule has 2 aromatic carbocycles. The van der Waals surface area contributed by atoms with Crippen molar-refractivity contribution in [3.8, 4) is 11.5 Å². The lowest BCUT2D eigenvalue weighted by molar-refractivity contribution is -0.117. The number of ether oxygens (including phenoxy) is 2. The van der Waals surface area contributed by atoms with Gasteiger partial charge in [-0.05, 0) is 48.4 Å². The average Bonchev–Trinajstić information content (AvgIpc) is 2.97. The number of halogens is 2. The fourth-order valence-electron chi connectivity index (χ4n) is 2.64. The van der Waals surface area contributed by atoms with Crippen molar-refractivity contribution in [2.75, 3.05) is 18.7 Å². The van der Waals surface area contributed by atoms with Gasteiger partial charge in [0.15, 0.2) is 11.5 Å². The van der Waals surface area contributed by atoms with E-state index in [2.05, 4.69) is 5.43 Å². The number of carbonyl (C=O) groups excluding carboxylic acids is 2. The minimum absolute atomic E-state index is 0.00215. The topological polar surface area (TPSA) is 67.9 Å². The number of hydrogen-bond acceptors (Lipinski definition) is 4. The number of amides is 2. The van der Waals surface area contributed by atoms with Crippen LogP contribution in [-0.2, 0) is 9.59 Å². The molecule has 0 atom stereocenters. The Kier molecular flexibility index (Phi) is 6.11. The summed E-state index contributed by atoms with van der Waals surface area (Å²) in [5, 5.41) is 1.78. The number of nitrogens with one attached hydrogen (secondary N) is 1. The Labute approximate surface area is 172 Å². The van der Waals surface area contributed by atoms with E-state index in [0.29, 0.717) is 34.4 Å². The van der Waals surface area contributed by atoms with Crippen molar-refractivity contribution >= 4 is 46.8 Å². The second kappa shape index (κ2) is 8.54. The van der Waals surface area contributed by atoms with Gasteiger partial charge < -0.3 is 9.47 Å². The van der Waals surface area contributed by atoms with Crippen molar-refractivity contribution in [3.63, 3.8) is 0 Å². The largest absolute Gasteiger partial charge is 0.493 e. The molecule has 28 heavy (non-hydrogen) atoms. The van der Waals surface area contributed by atoms with E-state index in [4.69, 9.17) is 32.7 Å². The summed E-state index contributed by atoms with van der Waals surface area (Å²) < 4.78 is 11.0.